The highest BCUT2D eigenvalue weighted by atomic mass is 14.7. The van der Waals surface area contributed by atoms with Crippen molar-refractivity contribution in [2.75, 3.05) is 0 Å². The van der Waals surface area contributed by atoms with Gasteiger partial charge in [0.15, 0.2) is 0 Å². The summed E-state index contributed by atoms with van der Waals surface area (Å²) in [6, 6.07) is 13.3. The molecule has 1 unspecified atom stereocenters. The van der Waals surface area contributed by atoms with E-state index in [4.69, 9.17) is 4.98 Å². The summed E-state index contributed by atoms with van der Waals surface area (Å²) >= 11 is 0. The van der Waals surface area contributed by atoms with Crippen molar-refractivity contribution in [3.05, 3.63) is 84.2 Å². The van der Waals surface area contributed by atoms with Crippen molar-refractivity contribution in [3.8, 4) is 11.1 Å². The van der Waals surface area contributed by atoms with Crippen LogP contribution in [-0.4, -0.2) is 4.98 Å². The molecule has 1 nitrogen and oxygen atoms in total. The maximum atomic E-state index is 4.70. The molecule has 0 saturated heterocycles. The van der Waals surface area contributed by atoms with E-state index in [1.54, 1.807) is 0 Å². The van der Waals surface area contributed by atoms with E-state index in [1.807, 2.05) is 6.20 Å². The Bertz CT molecular complexity index is 845. The average Bonchev–Trinajstić information content (AvgIpc) is 2.68. The third kappa shape index (κ3) is 4.86. The molecule has 1 aromatic carbocycles. The van der Waals surface area contributed by atoms with E-state index in [0.29, 0.717) is 5.92 Å². The van der Waals surface area contributed by atoms with Crippen LogP contribution in [0.3, 0.4) is 0 Å². The maximum Gasteiger partial charge on any atom is 0.0670 e. The molecule has 3 rings (SSSR count). The topological polar surface area (TPSA) is 12.9 Å². The molecule has 1 atom stereocenters. The van der Waals surface area contributed by atoms with Crippen molar-refractivity contribution in [3.63, 3.8) is 0 Å². The van der Waals surface area contributed by atoms with Crippen molar-refractivity contribution in [1.82, 2.24) is 4.98 Å². The van der Waals surface area contributed by atoms with Crippen molar-refractivity contribution in [1.29, 1.82) is 0 Å². The average molecular weight is 358 g/mol. The summed E-state index contributed by atoms with van der Waals surface area (Å²) in [4.78, 5) is 4.70. The Morgan fingerprint density at radius 1 is 1.04 bits per heavy atom. The van der Waals surface area contributed by atoms with Gasteiger partial charge in [0.05, 0.1) is 5.69 Å². The van der Waals surface area contributed by atoms with Crippen molar-refractivity contribution >= 4 is 5.57 Å². The molecule has 0 radical (unpaired) electrons. The fourth-order valence-corrected chi connectivity index (χ4v) is 3.55. The van der Waals surface area contributed by atoms with E-state index >= 15 is 0 Å². The second-order valence-electron chi connectivity index (χ2n) is 8.36. The Labute approximate surface area is 164 Å². The van der Waals surface area contributed by atoms with Crippen LogP contribution in [0.2, 0.25) is 0 Å². The van der Waals surface area contributed by atoms with Crippen molar-refractivity contribution < 1.29 is 0 Å². The Hall–Kier alpha value is -2.41. The highest BCUT2D eigenvalue weighted by Gasteiger charge is 2.18. The van der Waals surface area contributed by atoms with Crippen molar-refractivity contribution in [2.24, 2.45) is 5.92 Å². The minimum atomic E-state index is 0.181. The third-order valence-corrected chi connectivity index (χ3v) is 5.24. The Morgan fingerprint density at radius 3 is 2.52 bits per heavy atom. The lowest BCUT2D eigenvalue weighted by Crippen LogP contribution is -2.10. The number of aromatic nitrogens is 1. The molecule has 0 bridgehead atoms. The van der Waals surface area contributed by atoms with Crippen LogP contribution in [0.1, 0.15) is 58.2 Å². The van der Waals surface area contributed by atoms with Crippen molar-refractivity contribution in [2.45, 2.75) is 52.4 Å². The first-order valence-corrected chi connectivity index (χ1v) is 10.1. The molecule has 1 aromatic heterocycles. The number of nitrogens with zero attached hydrogens (tertiary/aromatic N) is 1. The summed E-state index contributed by atoms with van der Waals surface area (Å²) in [7, 11) is 0. The summed E-state index contributed by atoms with van der Waals surface area (Å²) in [6.07, 6.45) is 16.5. The highest BCUT2D eigenvalue weighted by Crippen LogP contribution is 2.33. The Kier molecular flexibility index (Phi) is 6.11. The normalized spacial score (nSPS) is 17.3. The molecule has 0 saturated carbocycles. The van der Waals surface area contributed by atoms with E-state index in [-0.39, 0.29) is 5.41 Å². The van der Waals surface area contributed by atoms with Gasteiger partial charge in [-0.2, -0.15) is 0 Å². The van der Waals surface area contributed by atoms with E-state index in [1.165, 1.54) is 22.3 Å². The van der Waals surface area contributed by atoms with Crippen LogP contribution < -0.4 is 0 Å². The predicted molar refractivity (Wildman–Crippen MR) is 118 cm³/mol. The predicted octanol–water partition coefficient (Wildman–Crippen LogP) is 7.36. The summed E-state index contributed by atoms with van der Waals surface area (Å²) in [5.41, 5.74) is 6.49. The fraction of sp³-hybridized carbons (Fsp3) is 0.346. The van der Waals surface area contributed by atoms with Crippen LogP contribution in [0.15, 0.2) is 73.0 Å². The van der Waals surface area contributed by atoms with Crippen LogP contribution in [0.4, 0.5) is 0 Å². The third-order valence-electron chi connectivity index (χ3n) is 5.24. The van der Waals surface area contributed by atoms with Gasteiger partial charge in [0, 0.05) is 6.20 Å². The van der Waals surface area contributed by atoms with E-state index in [9.17, 15) is 0 Å². The summed E-state index contributed by atoms with van der Waals surface area (Å²) < 4.78 is 0. The second-order valence-corrected chi connectivity index (χ2v) is 8.36. The number of rotatable bonds is 5. The maximum absolute atomic E-state index is 4.70. The van der Waals surface area contributed by atoms with Gasteiger partial charge >= 0.3 is 0 Å². The summed E-state index contributed by atoms with van der Waals surface area (Å²) in [5, 5.41) is 0. The minimum absolute atomic E-state index is 0.181. The zero-order chi connectivity index (χ0) is 19.3. The van der Waals surface area contributed by atoms with E-state index in [2.05, 4.69) is 94.5 Å². The first kappa shape index (κ1) is 19.4. The van der Waals surface area contributed by atoms with Crippen LogP contribution >= 0.6 is 0 Å². The molecule has 140 valence electrons. The second kappa shape index (κ2) is 8.52. The lowest BCUT2D eigenvalue weighted by molar-refractivity contribution is 0.590. The van der Waals surface area contributed by atoms with Gasteiger partial charge in [0.1, 0.15) is 0 Å². The minimum Gasteiger partial charge on any atom is -0.257 e. The fourth-order valence-electron chi connectivity index (χ4n) is 3.55. The summed E-state index contributed by atoms with van der Waals surface area (Å²) in [5.74, 6) is 0.517. The zero-order valence-corrected chi connectivity index (χ0v) is 17.1. The lowest BCUT2D eigenvalue weighted by atomic mass is 9.85. The monoisotopic (exact) mass is 357 g/mol. The standard InChI is InChI=1S/C26H31N/c1-5-6-7-10-21-11-8-9-12-24(21)25-19-22(17-18-27-25)20-13-15-23(16-14-20)26(2,3)4/h6-9,12-19,21H,5,10-11H2,1-4H3. The molecule has 0 amide bonds. The highest BCUT2D eigenvalue weighted by molar-refractivity contribution is 5.73. The van der Waals surface area contributed by atoms with Gasteiger partial charge in [0.25, 0.3) is 0 Å². The molecule has 1 aliphatic carbocycles. The SMILES string of the molecule is CCC=CCC1CC=CC=C1c1cc(-c2ccc(C(C)(C)C)cc2)ccn1. The van der Waals surface area contributed by atoms with Crippen LogP contribution in [0.5, 0.6) is 0 Å². The van der Waals surface area contributed by atoms with Gasteiger partial charge in [0.2, 0.25) is 0 Å². The number of hydrogen-bond acceptors (Lipinski definition) is 1. The van der Waals surface area contributed by atoms with Gasteiger partial charge < -0.3 is 0 Å². The zero-order valence-electron chi connectivity index (χ0n) is 17.1. The number of benzene rings is 1. The molecule has 1 heterocycles. The lowest BCUT2D eigenvalue weighted by Gasteiger charge is -2.21. The molecular weight excluding hydrogens is 326 g/mol. The Balaban J connectivity index is 1.87. The molecule has 1 heteroatoms. The van der Waals surface area contributed by atoms with Crippen LogP contribution in [0, 0.1) is 5.92 Å². The van der Waals surface area contributed by atoms with Gasteiger partial charge in [-0.25, -0.2) is 0 Å². The molecule has 27 heavy (non-hydrogen) atoms. The number of allylic oxidation sites excluding steroid dienone is 6. The molecule has 0 aliphatic heterocycles. The van der Waals surface area contributed by atoms with Crippen LogP contribution in [0.25, 0.3) is 16.7 Å². The van der Waals surface area contributed by atoms with E-state index in [0.717, 1.165) is 25.0 Å². The van der Waals surface area contributed by atoms with Gasteiger partial charge in [-0.3, -0.25) is 4.98 Å². The number of pyridine rings is 1. The molecule has 0 N–H and O–H groups in total. The largest absolute Gasteiger partial charge is 0.257 e. The molecule has 0 spiro atoms. The van der Waals surface area contributed by atoms with Gasteiger partial charge in [-0.1, -0.05) is 82.3 Å². The number of hydrogen-bond donors (Lipinski definition) is 0. The first-order chi connectivity index (χ1) is 13.0. The van der Waals surface area contributed by atoms with Crippen LogP contribution in [-0.2, 0) is 5.41 Å². The Morgan fingerprint density at radius 2 is 1.81 bits per heavy atom. The molecule has 1 aliphatic rings. The first-order valence-electron chi connectivity index (χ1n) is 10.1. The van der Waals surface area contributed by atoms with Gasteiger partial charge in [-0.15, -0.1) is 0 Å². The smallest absolute Gasteiger partial charge is 0.0670 e. The molecule has 0 fully saturated rings. The quantitative estimate of drug-likeness (QED) is 0.509. The molecular formula is C26H31N. The van der Waals surface area contributed by atoms with E-state index < -0.39 is 0 Å². The molecule has 2 aromatic rings. The van der Waals surface area contributed by atoms with Gasteiger partial charge in [-0.05, 0) is 65.0 Å². The summed E-state index contributed by atoms with van der Waals surface area (Å²) in [6.45, 7) is 8.94.